The van der Waals surface area contributed by atoms with E-state index < -0.39 is 15.8 Å². The van der Waals surface area contributed by atoms with Crippen molar-refractivity contribution in [1.82, 2.24) is 5.43 Å². The van der Waals surface area contributed by atoms with Crippen LogP contribution in [0.2, 0.25) is 5.02 Å². The van der Waals surface area contributed by atoms with Crippen molar-refractivity contribution < 1.29 is 19.1 Å². The molecule has 1 amide bonds. The summed E-state index contributed by atoms with van der Waals surface area (Å²) < 4.78 is 5.56. The van der Waals surface area contributed by atoms with Gasteiger partial charge in [0.1, 0.15) is 11.5 Å². The van der Waals surface area contributed by atoms with E-state index in [0.717, 1.165) is 0 Å². The van der Waals surface area contributed by atoms with Gasteiger partial charge in [0, 0.05) is 29.3 Å². The lowest BCUT2D eigenvalue weighted by atomic mass is 10.1. The fraction of sp³-hybridized carbons (Fsp3) is 0.0526. The van der Waals surface area contributed by atoms with Crippen LogP contribution in [-0.2, 0) is 11.2 Å². The number of nitrogens with zero attached hydrogens (tertiary/aromatic N) is 3. The minimum atomic E-state index is -0.556. The number of carbonyl (C=O) groups is 1. The summed E-state index contributed by atoms with van der Waals surface area (Å²) in [5.74, 6) is 0.124. The highest BCUT2D eigenvalue weighted by molar-refractivity contribution is 6.33. The number of benzene rings is 2. The molecule has 152 valence electrons. The average Bonchev–Trinajstić information content (AvgIpc) is 3.16. The van der Waals surface area contributed by atoms with Crippen LogP contribution in [0, 0.1) is 20.2 Å². The van der Waals surface area contributed by atoms with Crippen LogP contribution in [0.15, 0.2) is 64.1 Å². The second-order valence-corrected chi connectivity index (χ2v) is 6.39. The van der Waals surface area contributed by atoms with Gasteiger partial charge in [-0.15, -0.1) is 0 Å². The van der Waals surface area contributed by atoms with Crippen molar-refractivity contribution in [2.75, 3.05) is 0 Å². The lowest BCUT2D eigenvalue weighted by Crippen LogP contribution is -2.20. The Labute approximate surface area is 174 Å². The maximum atomic E-state index is 12.0. The minimum Gasteiger partial charge on any atom is -0.455 e. The number of halogens is 1. The number of non-ortho nitro benzene ring substituents is 1. The SMILES string of the molecule is O=C(Cc1ccccc1[N+](=O)[O-])NN=Cc1ccc(-c2ccc([N+](=O)[O-])cc2Cl)o1. The maximum Gasteiger partial charge on any atom is 0.273 e. The summed E-state index contributed by atoms with van der Waals surface area (Å²) in [5, 5.41) is 25.7. The third-order valence-electron chi connectivity index (χ3n) is 3.98. The number of hydrogen-bond donors (Lipinski definition) is 1. The fourth-order valence-electron chi connectivity index (χ4n) is 2.60. The Bertz CT molecular complexity index is 1160. The zero-order valence-corrected chi connectivity index (χ0v) is 15.9. The second-order valence-electron chi connectivity index (χ2n) is 5.98. The van der Waals surface area contributed by atoms with E-state index >= 15 is 0 Å². The average molecular weight is 429 g/mol. The fourth-order valence-corrected chi connectivity index (χ4v) is 2.87. The van der Waals surface area contributed by atoms with E-state index in [1.165, 1.54) is 42.6 Å². The Balaban J connectivity index is 1.64. The molecule has 0 atom stereocenters. The van der Waals surface area contributed by atoms with E-state index in [9.17, 15) is 25.0 Å². The van der Waals surface area contributed by atoms with Crippen LogP contribution in [0.3, 0.4) is 0 Å². The molecular weight excluding hydrogens is 416 g/mol. The molecule has 0 spiro atoms. The highest BCUT2D eigenvalue weighted by Crippen LogP contribution is 2.32. The third-order valence-corrected chi connectivity index (χ3v) is 4.29. The molecule has 0 radical (unpaired) electrons. The molecule has 0 bridgehead atoms. The van der Waals surface area contributed by atoms with Gasteiger partial charge < -0.3 is 4.42 Å². The van der Waals surface area contributed by atoms with Gasteiger partial charge in [0.05, 0.1) is 27.5 Å². The molecule has 0 aliphatic carbocycles. The molecular formula is C19H13ClN4O6. The normalized spacial score (nSPS) is 10.8. The van der Waals surface area contributed by atoms with Gasteiger partial charge in [0.15, 0.2) is 0 Å². The van der Waals surface area contributed by atoms with Crippen molar-refractivity contribution in [3.05, 3.63) is 91.2 Å². The predicted molar refractivity (Wildman–Crippen MR) is 108 cm³/mol. The van der Waals surface area contributed by atoms with E-state index in [-0.39, 0.29) is 28.4 Å². The Kier molecular flexibility index (Phi) is 6.18. The smallest absolute Gasteiger partial charge is 0.273 e. The number of carbonyl (C=O) groups excluding carboxylic acids is 1. The first-order valence-corrected chi connectivity index (χ1v) is 8.81. The zero-order chi connectivity index (χ0) is 21.7. The molecule has 3 rings (SSSR count). The van der Waals surface area contributed by atoms with E-state index in [0.29, 0.717) is 17.1 Å². The van der Waals surface area contributed by atoms with Crippen LogP contribution in [0.5, 0.6) is 0 Å². The molecule has 30 heavy (non-hydrogen) atoms. The highest BCUT2D eigenvalue weighted by atomic mass is 35.5. The number of nitrogens with one attached hydrogen (secondary N) is 1. The largest absolute Gasteiger partial charge is 0.455 e. The van der Waals surface area contributed by atoms with Gasteiger partial charge in [-0.05, 0) is 18.2 Å². The number of nitro benzene ring substituents is 2. The Morgan fingerprint density at radius 3 is 2.57 bits per heavy atom. The number of nitro groups is 2. The molecule has 2 aromatic carbocycles. The van der Waals surface area contributed by atoms with Crippen LogP contribution < -0.4 is 5.43 Å². The summed E-state index contributed by atoms with van der Waals surface area (Å²) >= 11 is 6.07. The summed E-state index contributed by atoms with van der Waals surface area (Å²) in [6.45, 7) is 0. The summed E-state index contributed by atoms with van der Waals surface area (Å²) in [6.07, 6.45) is 1.04. The number of furan rings is 1. The van der Waals surface area contributed by atoms with E-state index in [4.69, 9.17) is 16.0 Å². The van der Waals surface area contributed by atoms with Gasteiger partial charge in [0.25, 0.3) is 11.4 Å². The minimum absolute atomic E-state index is 0.140. The zero-order valence-electron chi connectivity index (χ0n) is 15.1. The van der Waals surface area contributed by atoms with Gasteiger partial charge in [-0.2, -0.15) is 5.10 Å². The molecule has 3 aromatic rings. The predicted octanol–water partition coefficient (Wildman–Crippen LogP) is 4.11. The van der Waals surface area contributed by atoms with E-state index in [1.54, 1.807) is 18.2 Å². The van der Waals surface area contributed by atoms with Gasteiger partial charge in [-0.1, -0.05) is 29.8 Å². The van der Waals surface area contributed by atoms with Crippen molar-refractivity contribution in [3.63, 3.8) is 0 Å². The first kappa shape index (κ1) is 20.7. The monoisotopic (exact) mass is 428 g/mol. The van der Waals surface area contributed by atoms with Crippen LogP contribution in [-0.4, -0.2) is 22.0 Å². The van der Waals surface area contributed by atoms with E-state index in [2.05, 4.69) is 10.5 Å². The topological polar surface area (TPSA) is 141 Å². The van der Waals surface area contributed by atoms with Crippen molar-refractivity contribution in [1.29, 1.82) is 0 Å². The molecule has 0 saturated carbocycles. The number of para-hydroxylation sites is 1. The molecule has 0 unspecified atom stereocenters. The number of hydrogen-bond acceptors (Lipinski definition) is 7. The van der Waals surface area contributed by atoms with Crippen molar-refractivity contribution in [2.24, 2.45) is 5.10 Å². The van der Waals surface area contributed by atoms with Gasteiger partial charge in [-0.3, -0.25) is 25.0 Å². The molecule has 10 nitrogen and oxygen atoms in total. The molecule has 11 heteroatoms. The van der Waals surface area contributed by atoms with Gasteiger partial charge >= 0.3 is 0 Å². The van der Waals surface area contributed by atoms with Gasteiger partial charge in [-0.25, -0.2) is 5.43 Å². The summed E-state index contributed by atoms with van der Waals surface area (Å²) in [5.41, 5.74) is 2.71. The number of amides is 1. The summed E-state index contributed by atoms with van der Waals surface area (Å²) in [4.78, 5) is 32.6. The van der Waals surface area contributed by atoms with Crippen LogP contribution in [0.25, 0.3) is 11.3 Å². The maximum absolute atomic E-state index is 12.0. The summed E-state index contributed by atoms with van der Waals surface area (Å²) in [7, 11) is 0. The van der Waals surface area contributed by atoms with Crippen molar-refractivity contribution >= 4 is 35.1 Å². The quantitative estimate of drug-likeness (QED) is 0.341. The van der Waals surface area contributed by atoms with E-state index in [1.807, 2.05) is 0 Å². The van der Waals surface area contributed by atoms with Gasteiger partial charge in [0.2, 0.25) is 5.91 Å². The van der Waals surface area contributed by atoms with Crippen LogP contribution >= 0.6 is 11.6 Å². The Morgan fingerprint density at radius 1 is 1.10 bits per heavy atom. The number of rotatable bonds is 7. The molecule has 1 aromatic heterocycles. The number of hydrazone groups is 1. The molecule has 0 aliphatic rings. The second kappa shape index (κ2) is 8.97. The molecule has 0 fully saturated rings. The van der Waals surface area contributed by atoms with Crippen LogP contribution in [0.4, 0.5) is 11.4 Å². The highest BCUT2D eigenvalue weighted by Gasteiger charge is 2.15. The molecule has 0 aliphatic heterocycles. The van der Waals surface area contributed by atoms with Crippen molar-refractivity contribution in [3.8, 4) is 11.3 Å². The Morgan fingerprint density at radius 2 is 1.87 bits per heavy atom. The molecule has 0 saturated heterocycles. The van der Waals surface area contributed by atoms with Crippen LogP contribution in [0.1, 0.15) is 11.3 Å². The third kappa shape index (κ3) is 4.86. The first-order chi connectivity index (χ1) is 14.3. The Hall–Kier alpha value is -4.05. The standard InChI is InChI=1S/C19H13ClN4O6/c20-16-10-13(23(26)27)5-7-15(16)18-8-6-14(30-18)11-21-22-19(25)9-12-3-1-2-4-17(12)24(28)29/h1-8,10-11H,9H2,(H,22,25). The molecule has 1 N–H and O–H groups in total. The summed E-state index contributed by atoms with van der Waals surface area (Å²) in [6, 6.07) is 13.1. The lowest BCUT2D eigenvalue weighted by Gasteiger charge is -2.01. The van der Waals surface area contributed by atoms with Crippen molar-refractivity contribution in [2.45, 2.75) is 6.42 Å². The first-order valence-electron chi connectivity index (χ1n) is 8.43. The lowest BCUT2D eigenvalue weighted by molar-refractivity contribution is -0.385. The molecule has 1 heterocycles.